The van der Waals surface area contributed by atoms with Gasteiger partial charge < -0.3 is 5.32 Å². The molecule has 0 saturated heterocycles. The molecule has 2 nitrogen and oxygen atoms in total. The van der Waals surface area contributed by atoms with Crippen LogP contribution in [0.3, 0.4) is 0 Å². The number of aldehydes is 1. The van der Waals surface area contributed by atoms with Crippen molar-refractivity contribution in [3.05, 3.63) is 71.3 Å². The molecule has 1 atom stereocenters. The molecule has 2 rings (SSSR count). The number of carbonyl (C=O) groups excluding carboxylic acids is 1. The molecule has 0 saturated carbocycles. The van der Waals surface area contributed by atoms with Gasteiger partial charge in [-0.3, -0.25) is 4.79 Å². The first kappa shape index (κ1) is 14.5. The van der Waals surface area contributed by atoms with Crippen molar-refractivity contribution in [1.29, 1.82) is 0 Å². The normalized spacial score (nSPS) is 12.3. The summed E-state index contributed by atoms with van der Waals surface area (Å²) in [5.74, 6) is 0.459. The van der Waals surface area contributed by atoms with Crippen LogP contribution < -0.4 is 5.32 Å². The molecule has 1 unspecified atom stereocenters. The summed E-state index contributed by atoms with van der Waals surface area (Å²) in [5, 5.41) is 3.59. The molecule has 2 heteroatoms. The van der Waals surface area contributed by atoms with Crippen molar-refractivity contribution in [2.45, 2.75) is 26.4 Å². The van der Waals surface area contributed by atoms with Gasteiger partial charge in [0.05, 0.1) is 0 Å². The van der Waals surface area contributed by atoms with Gasteiger partial charge in [-0.05, 0) is 23.1 Å². The number of rotatable bonds is 6. The monoisotopic (exact) mass is 267 g/mol. The highest BCUT2D eigenvalue weighted by Crippen LogP contribution is 2.22. The first-order valence-corrected chi connectivity index (χ1v) is 7.03. The smallest absolute Gasteiger partial charge is 0.150 e. The zero-order valence-corrected chi connectivity index (χ0v) is 12.0. The minimum absolute atomic E-state index is 0.245. The Balaban J connectivity index is 2.12. The highest BCUT2D eigenvalue weighted by Gasteiger charge is 2.15. The van der Waals surface area contributed by atoms with Crippen molar-refractivity contribution >= 4 is 6.29 Å². The zero-order valence-electron chi connectivity index (χ0n) is 12.0. The molecule has 20 heavy (non-hydrogen) atoms. The molecule has 104 valence electrons. The van der Waals surface area contributed by atoms with Crippen molar-refractivity contribution in [2.75, 3.05) is 0 Å². The van der Waals surface area contributed by atoms with E-state index in [1.807, 2.05) is 24.3 Å². The Kier molecular flexibility index (Phi) is 5.08. The van der Waals surface area contributed by atoms with E-state index in [4.69, 9.17) is 0 Å². The summed E-state index contributed by atoms with van der Waals surface area (Å²) in [7, 11) is 0. The second kappa shape index (κ2) is 7.01. The fourth-order valence-electron chi connectivity index (χ4n) is 2.39. The summed E-state index contributed by atoms with van der Waals surface area (Å²) in [6, 6.07) is 18.4. The highest BCUT2D eigenvalue weighted by molar-refractivity contribution is 5.75. The topological polar surface area (TPSA) is 29.1 Å². The van der Waals surface area contributed by atoms with Crippen molar-refractivity contribution in [1.82, 2.24) is 5.32 Å². The van der Waals surface area contributed by atoms with E-state index in [0.717, 1.165) is 18.4 Å². The Morgan fingerprint density at radius 2 is 1.80 bits per heavy atom. The van der Waals surface area contributed by atoms with E-state index in [2.05, 4.69) is 49.5 Å². The lowest BCUT2D eigenvalue weighted by atomic mass is 9.94. The predicted octanol–water partition coefficient (Wildman–Crippen LogP) is 3.99. The third kappa shape index (κ3) is 3.78. The summed E-state index contributed by atoms with van der Waals surface area (Å²) in [6.45, 7) is 5.21. The van der Waals surface area contributed by atoms with Crippen molar-refractivity contribution in [3.8, 4) is 0 Å². The second-order valence-corrected chi connectivity index (χ2v) is 5.38. The van der Waals surface area contributed by atoms with Crippen molar-refractivity contribution in [3.63, 3.8) is 0 Å². The number of nitrogens with one attached hydrogen (secondary N) is 1. The van der Waals surface area contributed by atoms with Crippen LogP contribution in [0.1, 0.15) is 41.4 Å². The first-order valence-electron chi connectivity index (χ1n) is 7.03. The van der Waals surface area contributed by atoms with E-state index in [0.29, 0.717) is 5.92 Å². The van der Waals surface area contributed by atoms with Gasteiger partial charge in [-0.25, -0.2) is 0 Å². The zero-order chi connectivity index (χ0) is 14.4. The molecule has 0 spiro atoms. The van der Waals surface area contributed by atoms with Gasteiger partial charge >= 0.3 is 0 Å². The Labute approximate surface area is 120 Å². The minimum Gasteiger partial charge on any atom is -0.306 e. The third-order valence-corrected chi connectivity index (χ3v) is 3.44. The summed E-state index contributed by atoms with van der Waals surface area (Å²) in [4.78, 5) is 10.9. The molecular weight excluding hydrogens is 246 g/mol. The van der Waals surface area contributed by atoms with Gasteiger partial charge in [0.15, 0.2) is 0 Å². The van der Waals surface area contributed by atoms with Gasteiger partial charge in [0.1, 0.15) is 6.29 Å². The lowest BCUT2D eigenvalue weighted by Gasteiger charge is -2.23. The van der Waals surface area contributed by atoms with Gasteiger partial charge in [0, 0.05) is 18.2 Å². The first-order chi connectivity index (χ1) is 9.70. The maximum Gasteiger partial charge on any atom is 0.150 e. The molecule has 0 bridgehead atoms. The Morgan fingerprint density at radius 3 is 2.45 bits per heavy atom. The van der Waals surface area contributed by atoms with E-state index >= 15 is 0 Å². The molecule has 0 aliphatic carbocycles. The SMILES string of the molecule is CC(C)C(NCc1ccccc1)c1cccc(C=O)c1. The Bertz CT molecular complexity index is 548. The van der Waals surface area contributed by atoms with Gasteiger partial charge in [-0.1, -0.05) is 62.4 Å². The summed E-state index contributed by atoms with van der Waals surface area (Å²) in [5.41, 5.74) is 3.17. The number of hydrogen-bond donors (Lipinski definition) is 1. The lowest BCUT2D eigenvalue weighted by molar-refractivity contribution is 0.112. The van der Waals surface area contributed by atoms with Crippen LogP contribution in [-0.2, 0) is 6.54 Å². The third-order valence-electron chi connectivity index (χ3n) is 3.44. The Morgan fingerprint density at radius 1 is 1.05 bits per heavy atom. The van der Waals surface area contributed by atoms with Gasteiger partial charge in [-0.15, -0.1) is 0 Å². The Hall–Kier alpha value is -1.93. The largest absolute Gasteiger partial charge is 0.306 e. The summed E-state index contributed by atoms with van der Waals surface area (Å²) >= 11 is 0. The van der Waals surface area contributed by atoms with E-state index in [1.54, 1.807) is 0 Å². The quantitative estimate of drug-likeness (QED) is 0.802. The number of benzene rings is 2. The van der Waals surface area contributed by atoms with E-state index in [9.17, 15) is 4.79 Å². The van der Waals surface area contributed by atoms with E-state index < -0.39 is 0 Å². The summed E-state index contributed by atoms with van der Waals surface area (Å²) < 4.78 is 0. The maximum atomic E-state index is 10.9. The maximum absolute atomic E-state index is 10.9. The predicted molar refractivity (Wildman–Crippen MR) is 82.7 cm³/mol. The number of carbonyl (C=O) groups is 1. The molecule has 0 aliphatic rings. The van der Waals surface area contributed by atoms with Gasteiger partial charge in [-0.2, -0.15) is 0 Å². The fourth-order valence-corrected chi connectivity index (χ4v) is 2.39. The molecule has 0 fully saturated rings. The van der Waals surface area contributed by atoms with Gasteiger partial charge in [0.25, 0.3) is 0 Å². The van der Waals surface area contributed by atoms with Gasteiger partial charge in [0.2, 0.25) is 0 Å². The highest BCUT2D eigenvalue weighted by atomic mass is 16.1. The lowest BCUT2D eigenvalue weighted by Crippen LogP contribution is -2.25. The molecule has 2 aromatic carbocycles. The molecule has 1 N–H and O–H groups in total. The van der Waals surface area contributed by atoms with Crippen molar-refractivity contribution < 1.29 is 4.79 Å². The fraction of sp³-hybridized carbons (Fsp3) is 0.278. The number of hydrogen-bond acceptors (Lipinski definition) is 2. The van der Waals surface area contributed by atoms with Crippen LogP contribution in [0.4, 0.5) is 0 Å². The molecule has 0 aromatic heterocycles. The molecule has 0 radical (unpaired) electrons. The van der Waals surface area contributed by atoms with Crippen LogP contribution >= 0.6 is 0 Å². The van der Waals surface area contributed by atoms with Crippen LogP contribution in [0.5, 0.6) is 0 Å². The molecule has 0 amide bonds. The van der Waals surface area contributed by atoms with Crippen LogP contribution in [0.15, 0.2) is 54.6 Å². The minimum atomic E-state index is 0.245. The van der Waals surface area contributed by atoms with Crippen LogP contribution in [-0.4, -0.2) is 6.29 Å². The average Bonchev–Trinajstić information content (AvgIpc) is 2.48. The van der Waals surface area contributed by atoms with Crippen LogP contribution in [0.2, 0.25) is 0 Å². The average molecular weight is 267 g/mol. The van der Waals surface area contributed by atoms with Crippen LogP contribution in [0.25, 0.3) is 0 Å². The van der Waals surface area contributed by atoms with Crippen LogP contribution in [0, 0.1) is 5.92 Å². The summed E-state index contributed by atoms with van der Waals surface area (Å²) in [6.07, 6.45) is 0.901. The second-order valence-electron chi connectivity index (χ2n) is 5.38. The molecule has 0 aliphatic heterocycles. The van der Waals surface area contributed by atoms with E-state index in [-0.39, 0.29) is 6.04 Å². The standard InChI is InChI=1S/C18H21NO/c1-14(2)18(17-10-6-9-16(11-17)13-20)19-12-15-7-4-3-5-8-15/h3-11,13-14,18-19H,12H2,1-2H3. The molecular formula is C18H21NO. The van der Waals surface area contributed by atoms with E-state index in [1.165, 1.54) is 11.1 Å². The molecule has 0 heterocycles. The van der Waals surface area contributed by atoms with Crippen molar-refractivity contribution in [2.24, 2.45) is 5.92 Å². The molecule has 2 aromatic rings.